The molecule has 2 aromatic rings. The average Bonchev–Trinajstić information content (AvgIpc) is 3.34. The number of hydrogen-bond donors (Lipinski definition) is 2. The molecular weight excluding hydrogens is 580 g/mol. The first-order valence-corrected chi connectivity index (χ1v) is 15.1. The van der Waals surface area contributed by atoms with Crippen LogP contribution in [0.2, 0.25) is 0 Å². The van der Waals surface area contributed by atoms with Crippen LogP contribution in [-0.2, 0) is 11.0 Å². The van der Waals surface area contributed by atoms with Crippen molar-refractivity contribution in [2.45, 2.75) is 71.0 Å². The fraction of sp³-hybridized carbons (Fsp3) is 0.516. The number of rotatable bonds is 7. The Morgan fingerprint density at radius 3 is 2.52 bits per heavy atom. The molecule has 3 aliphatic rings. The molecule has 44 heavy (non-hydrogen) atoms. The zero-order valence-electron chi connectivity index (χ0n) is 24.8. The van der Waals surface area contributed by atoms with Gasteiger partial charge in [0.25, 0.3) is 0 Å². The number of ether oxygens (including phenoxy) is 1. The summed E-state index contributed by atoms with van der Waals surface area (Å²) in [6, 6.07) is 3.86. The fourth-order valence-corrected chi connectivity index (χ4v) is 5.80. The standard InChI is InChI=1S/C31H36F4N6O3/c1-19(2)37-28(42)20-6-9-22(10-7-20)41-26-17-27(44-15-14-40-12-4-3-5-13-40)36-18-25(26)38-30(41)39-29(43)21-8-11-24(32)23(16-21)31(33,34)35/h8,11,16-20H,3-7,9-10,12-15H2,1-2H3,(H-,37,38,39,42,43)/p+1. The predicted molar refractivity (Wildman–Crippen MR) is 156 cm³/mol. The van der Waals surface area contributed by atoms with Gasteiger partial charge in [-0.05, 0) is 83.7 Å². The van der Waals surface area contributed by atoms with E-state index in [2.05, 4.69) is 25.5 Å². The Kier molecular flexibility index (Phi) is 9.62. The van der Waals surface area contributed by atoms with E-state index in [9.17, 15) is 27.2 Å². The van der Waals surface area contributed by atoms with Crippen molar-refractivity contribution in [2.24, 2.45) is 10.9 Å². The number of fused-ring (bicyclic) bond motifs is 1. The molecular formula is C31H37F4N6O3+. The molecule has 9 nitrogen and oxygen atoms in total. The Morgan fingerprint density at radius 2 is 1.84 bits per heavy atom. The second-order valence-electron chi connectivity index (χ2n) is 11.7. The highest BCUT2D eigenvalue weighted by Crippen LogP contribution is 2.37. The number of aliphatic imine (C=N–C) groups is 1. The van der Waals surface area contributed by atoms with Crippen LogP contribution in [0.15, 0.2) is 35.5 Å². The molecule has 0 radical (unpaired) electrons. The molecule has 2 N–H and O–H groups in total. The van der Waals surface area contributed by atoms with Crippen LogP contribution >= 0.6 is 0 Å². The molecule has 1 aromatic heterocycles. The van der Waals surface area contributed by atoms with E-state index in [1.165, 1.54) is 25.5 Å². The molecule has 0 atom stereocenters. The number of carbonyl (C=O) groups excluding carboxylic acids is 2. The first-order valence-electron chi connectivity index (χ1n) is 15.1. The van der Waals surface area contributed by atoms with Crippen LogP contribution in [0.3, 0.4) is 0 Å². The molecule has 5 rings (SSSR count). The molecule has 2 aliphatic heterocycles. The lowest BCUT2D eigenvalue weighted by molar-refractivity contribution is -0.309. The second-order valence-corrected chi connectivity index (χ2v) is 11.7. The van der Waals surface area contributed by atoms with E-state index in [-0.39, 0.29) is 29.4 Å². The Hall–Kier alpha value is -3.87. The van der Waals surface area contributed by atoms with E-state index < -0.39 is 23.5 Å². The molecule has 1 saturated heterocycles. The normalized spacial score (nSPS) is 19.1. The summed E-state index contributed by atoms with van der Waals surface area (Å²) in [5.74, 6) is -2.03. The number of carbonyl (C=O) groups is 2. The SMILES string of the molecule is CC(C)NC(=O)C1CCC(=[N+]2C(NC(=O)c3ccc(F)c(C(F)(F)F)c3)=Nc3cnc(OCCN4CCCCC4)cc32)CC1. The second kappa shape index (κ2) is 13.4. The van der Waals surface area contributed by atoms with Crippen LogP contribution in [0.4, 0.5) is 28.9 Å². The summed E-state index contributed by atoms with van der Waals surface area (Å²) in [4.78, 5) is 37.1. The number of pyridine rings is 1. The minimum atomic E-state index is -4.96. The summed E-state index contributed by atoms with van der Waals surface area (Å²) in [5, 5.41) is 5.58. The number of nitrogens with zero attached hydrogens (tertiary/aromatic N) is 4. The van der Waals surface area contributed by atoms with Gasteiger partial charge >= 0.3 is 18.0 Å². The van der Waals surface area contributed by atoms with Crippen LogP contribution in [0, 0.1) is 11.7 Å². The van der Waals surface area contributed by atoms with Crippen molar-refractivity contribution in [1.29, 1.82) is 0 Å². The van der Waals surface area contributed by atoms with Gasteiger partial charge in [-0.15, -0.1) is 0 Å². The number of likely N-dealkylation sites (tertiary alicyclic amines) is 1. The quantitative estimate of drug-likeness (QED) is 0.323. The molecule has 3 heterocycles. The van der Waals surface area contributed by atoms with Gasteiger partial charge in [-0.1, -0.05) is 11.4 Å². The van der Waals surface area contributed by atoms with Gasteiger partial charge in [0.15, 0.2) is 11.4 Å². The van der Waals surface area contributed by atoms with Gasteiger partial charge in [-0.3, -0.25) is 14.5 Å². The van der Waals surface area contributed by atoms with E-state index in [0.717, 1.165) is 31.4 Å². The van der Waals surface area contributed by atoms with Gasteiger partial charge in [-0.2, -0.15) is 17.7 Å². The average molecular weight is 618 g/mol. The lowest BCUT2D eigenvalue weighted by Crippen LogP contribution is -2.41. The Balaban J connectivity index is 1.39. The van der Waals surface area contributed by atoms with Gasteiger partial charge < -0.3 is 10.1 Å². The molecule has 1 aromatic carbocycles. The number of piperidine rings is 1. The van der Waals surface area contributed by atoms with Crippen molar-refractivity contribution in [3.63, 3.8) is 0 Å². The van der Waals surface area contributed by atoms with E-state index in [1.807, 2.05) is 13.8 Å². The summed E-state index contributed by atoms with van der Waals surface area (Å²) >= 11 is 0. The number of guanidine groups is 1. The van der Waals surface area contributed by atoms with E-state index >= 15 is 0 Å². The molecule has 2 fully saturated rings. The summed E-state index contributed by atoms with van der Waals surface area (Å²) in [6.07, 6.45) is 2.39. The van der Waals surface area contributed by atoms with Gasteiger partial charge in [0.1, 0.15) is 12.4 Å². The number of amides is 2. The molecule has 0 spiro atoms. The fourth-order valence-electron chi connectivity index (χ4n) is 5.80. The van der Waals surface area contributed by atoms with Crippen molar-refractivity contribution in [3.05, 3.63) is 47.4 Å². The molecule has 2 amide bonds. The van der Waals surface area contributed by atoms with Gasteiger partial charge in [0.05, 0.1) is 23.0 Å². The highest BCUT2D eigenvalue weighted by atomic mass is 19.4. The number of aromatic nitrogens is 1. The molecule has 0 bridgehead atoms. The Morgan fingerprint density at radius 1 is 1.11 bits per heavy atom. The van der Waals surface area contributed by atoms with E-state index in [1.54, 1.807) is 10.6 Å². The first-order chi connectivity index (χ1) is 21.0. The van der Waals surface area contributed by atoms with Crippen LogP contribution in [0.25, 0.3) is 0 Å². The number of benzene rings is 1. The van der Waals surface area contributed by atoms with E-state index in [4.69, 9.17) is 4.74 Å². The maximum Gasteiger partial charge on any atom is 0.419 e. The number of alkyl halides is 3. The van der Waals surface area contributed by atoms with E-state index in [0.29, 0.717) is 61.7 Å². The minimum absolute atomic E-state index is 0.00608. The van der Waals surface area contributed by atoms with Crippen molar-refractivity contribution in [3.8, 4) is 5.88 Å². The Bertz CT molecular complexity index is 1460. The summed E-state index contributed by atoms with van der Waals surface area (Å²) < 4.78 is 61.6. The molecule has 13 heteroatoms. The van der Waals surface area contributed by atoms with Crippen LogP contribution in [0.5, 0.6) is 5.88 Å². The summed E-state index contributed by atoms with van der Waals surface area (Å²) in [5.41, 5.74) is 0.0548. The highest BCUT2D eigenvalue weighted by molar-refractivity contribution is 6.07. The van der Waals surface area contributed by atoms with Crippen LogP contribution < -0.4 is 15.4 Å². The summed E-state index contributed by atoms with van der Waals surface area (Å²) in [6.45, 7) is 7.12. The highest BCUT2D eigenvalue weighted by Gasteiger charge is 2.38. The van der Waals surface area contributed by atoms with Crippen LogP contribution in [-0.4, -0.2) is 70.2 Å². The monoisotopic (exact) mass is 617 g/mol. The van der Waals surface area contributed by atoms with Crippen molar-refractivity contribution in [2.75, 3.05) is 26.2 Å². The lowest BCUT2D eigenvalue weighted by Gasteiger charge is -2.26. The van der Waals surface area contributed by atoms with Crippen molar-refractivity contribution in [1.82, 2.24) is 20.5 Å². The maximum atomic E-state index is 13.9. The van der Waals surface area contributed by atoms with Gasteiger partial charge in [0.2, 0.25) is 11.8 Å². The van der Waals surface area contributed by atoms with Gasteiger partial charge in [0, 0.05) is 24.6 Å². The molecule has 0 unspecified atom stereocenters. The lowest BCUT2D eigenvalue weighted by atomic mass is 9.86. The predicted octanol–water partition coefficient (Wildman–Crippen LogP) is 5.34. The molecule has 236 valence electrons. The first kappa shape index (κ1) is 31.6. The zero-order chi connectivity index (χ0) is 31.4. The zero-order valence-corrected chi connectivity index (χ0v) is 24.8. The van der Waals surface area contributed by atoms with Gasteiger partial charge in [-0.25, -0.2) is 14.7 Å². The van der Waals surface area contributed by atoms with Crippen LogP contribution in [0.1, 0.15) is 74.7 Å². The smallest absolute Gasteiger partial charge is 0.419 e. The largest absolute Gasteiger partial charge is 0.476 e. The third-order valence-electron chi connectivity index (χ3n) is 8.06. The number of halogens is 4. The van der Waals surface area contributed by atoms with Crippen molar-refractivity contribution < 1.29 is 36.5 Å². The topological polar surface area (TPSA) is 98.9 Å². The minimum Gasteiger partial charge on any atom is -0.476 e. The van der Waals surface area contributed by atoms with Crippen molar-refractivity contribution >= 4 is 34.9 Å². The maximum absolute atomic E-state index is 13.9. The molecule has 1 aliphatic carbocycles. The summed E-state index contributed by atoms with van der Waals surface area (Å²) in [7, 11) is 0. The molecule has 1 saturated carbocycles. The third kappa shape index (κ3) is 7.43. The third-order valence-corrected chi connectivity index (χ3v) is 8.06. The number of nitrogens with one attached hydrogen (secondary N) is 2. The number of hydrogen-bond acceptors (Lipinski definition) is 6. The Labute approximate surface area is 253 Å².